The van der Waals surface area contributed by atoms with Crippen molar-refractivity contribution in [2.45, 2.75) is 31.8 Å². The second kappa shape index (κ2) is 11.1. The molecular weight excluding hydrogens is 554 g/mol. The van der Waals surface area contributed by atoms with E-state index in [0.717, 1.165) is 37.1 Å². The number of carbonyl (C=O) groups excluding carboxylic acids is 1. The summed E-state index contributed by atoms with van der Waals surface area (Å²) in [7, 11) is 1.83. The summed E-state index contributed by atoms with van der Waals surface area (Å²) in [6, 6.07) is 7.56. The number of fused-ring (bicyclic) bond motifs is 1. The van der Waals surface area contributed by atoms with Crippen molar-refractivity contribution in [3.05, 3.63) is 68.1 Å². The Labute approximate surface area is 228 Å². The molecule has 194 valence electrons. The van der Waals surface area contributed by atoms with Crippen LogP contribution in [0.5, 0.6) is 0 Å². The number of amides is 1. The van der Waals surface area contributed by atoms with Crippen molar-refractivity contribution in [3.8, 4) is 0 Å². The second-order valence-corrected chi connectivity index (χ2v) is 11.2. The van der Waals surface area contributed by atoms with Gasteiger partial charge in [-0.2, -0.15) is 0 Å². The predicted molar refractivity (Wildman–Crippen MR) is 151 cm³/mol. The molecule has 2 aromatic heterocycles. The van der Waals surface area contributed by atoms with Crippen molar-refractivity contribution in [2.75, 3.05) is 42.8 Å². The molecule has 37 heavy (non-hydrogen) atoms. The number of benzene rings is 1. The number of rotatable bonds is 6. The van der Waals surface area contributed by atoms with Gasteiger partial charge in [0.1, 0.15) is 5.84 Å². The van der Waals surface area contributed by atoms with Gasteiger partial charge in [-0.25, -0.2) is 0 Å². The van der Waals surface area contributed by atoms with E-state index in [-0.39, 0.29) is 11.9 Å². The van der Waals surface area contributed by atoms with E-state index in [1.165, 1.54) is 10.4 Å². The van der Waals surface area contributed by atoms with Crippen LogP contribution in [0.15, 0.2) is 46.5 Å². The topological polar surface area (TPSA) is 117 Å². The monoisotopic (exact) mass is 583 g/mol. The highest BCUT2D eigenvalue weighted by Crippen LogP contribution is 2.34. The molecule has 0 spiro atoms. The molecule has 0 aliphatic carbocycles. The lowest BCUT2D eigenvalue weighted by molar-refractivity contribution is 0.0736. The Bertz CT molecular complexity index is 1310. The number of halogens is 1. The fourth-order valence-electron chi connectivity index (χ4n) is 5.00. The average molecular weight is 585 g/mol. The molecular formula is C26H30BrN7O2S. The van der Waals surface area contributed by atoms with Crippen LogP contribution in [-0.4, -0.2) is 64.5 Å². The van der Waals surface area contributed by atoms with Crippen LogP contribution in [0.25, 0.3) is 0 Å². The van der Waals surface area contributed by atoms with Crippen molar-refractivity contribution in [1.82, 2.24) is 14.8 Å². The molecule has 11 heteroatoms. The third-order valence-corrected chi connectivity index (χ3v) is 8.42. The van der Waals surface area contributed by atoms with E-state index in [4.69, 9.17) is 5.41 Å². The van der Waals surface area contributed by atoms with E-state index in [1.54, 1.807) is 29.8 Å². The molecule has 5 rings (SSSR count). The standard InChI is InChI=1S/C26H30BrN7O2S/c1-29-20-9-17(12-30-13-20)25(28)33-6-2-3-19(15-33)31-24-21(10-18(27)11-22(24)32-36)26(35)34-7-4-23-16(14-34)5-8-37-23/h5,8-13,19,28-29,31-32,36H,2-4,6-7,14-15H2,1H3/t19-/m1/s1. The molecule has 0 radical (unpaired) electrons. The van der Waals surface area contributed by atoms with E-state index < -0.39 is 0 Å². The molecule has 0 unspecified atom stereocenters. The summed E-state index contributed by atoms with van der Waals surface area (Å²) in [6.07, 6.45) is 6.07. The lowest BCUT2D eigenvalue weighted by Gasteiger charge is -2.36. The van der Waals surface area contributed by atoms with Gasteiger partial charge in [0.25, 0.3) is 5.91 Å². The van der Waals surface area contributed by atoms with Gasteiger partial charge < -0.3 is 20.4 Å². The number of anilines is 3. The van der Waals surface area contributed by atoms with E-state index >= 15 is 0 Å². The average Bonchev–Trinajstić information content (AvgIpc) is 3.41. The quantitative estimate of drug-likeness (QED) is 0.160. The summed E-state index contributed by atoms with van der Waals surface area (Å²) >= 11 is 5.24. The van der Waals surface area contributed by atoms with Crippen molar-refractivity contribution in [2.24, 2.45) is 0 Å². The van der Waals surface area contributed by atoms with Crippen molar-refractivity contribution in [3.63, 3.8) is 0 Å². The Morgan fingerprint density at radius 1 is 1.24 bits per heavy atom. The molecule has 5 N–H and O–H groups in total. The number of nitrogens with zero attached hydrogens (tertiary/aromatic N) is 3. The Morgan fingerprint density at radius 2 is 2.11 bits per heavy atom. The first-order chi connectivity index (χ1) is 18.0. The minimum atomic E-state index is -0.0764. The lowest BCUT2D eigenvalue weighted by Crippen LogP contribution is -2.45. The molecule has 0 bridgehead atoms. The summed E-state index contributed by atoms with van der Waals surface area (Å²) in [4.78, 5) is 23.2. The second-order valence-electron chi connectivity index (χ2n) is 9.32. The van der Waals surface area contributed by atoms with Gasteiger partial charge in [-0.05, 0) is 54.5 Å². The maximum absolute atomic E-state index is 13.7. The number of carbonyl (C=O) groups is 1. The van der Waals surface area contributed by atoms with Crippen LogP contribution in [0.1, 0.15) is 39.2 Å². The number of amidine groups is 1. The number of aromatic nitrogens is 1. The number of likely N-dealkylation sites (tertiary alicyclic amines) is 1. The smallest absolute Gasteiger partial charge is 0.256 e. The maximum Gasteiger partial charge on any atom is 0.256 e. The highest BCUT2D eigenvalue weighted by Gasteiger charge is 2.29. The predicted octanol–water partition coefficient (Wildman–Crippen LogP) is 4.85. The van der Waals surface area contributed by atoms with Crippen molar-refractivity contribution >= 4 is 56.1 Å². The summed E-state index contributed by atoms with van der Waals surface area (Å²) < 4.78 is 0.704. The first-order valence-corrected chi connectivity index (χ1v) is 14.0. The number of thiophene rings is 1. The van der Waals surface area contributed by atoms with Crippen LogP contribution >= 0.6 is 27.3 Å². The fourth-order valence-corrected chi connectivity index (χ4v) is 6.35. The van der Waals surface area contributed by atoms with Gasteiger partial charge in [-0.3, -0.25) is 25.9 Å². The molecule has 2 aliphatic heterocycles. The maximum atomic E-state index is 13.7. The van der Waals surface area contributed by atoms with Gasteiger partial charge in [0.2, 0.25) is 0 Å². The highest BCUT2D eigenvalue weighted by atomic mass is 79.9. The number of piperidine rings is 1. The van der Waals surface area contributed by atoms with Crippen molar-refractivity contribution in [1.29, 1.82) is 5.41 Å². The van der Waals surface area contributed by atoms with E-state index in [1.807, 2.05) is 29.0 Å². The normalized spacial score (nSPS) is 17.2. The number of hydrogen-bond donors (Lipinski definition) is 5. The molecule has 0 saturated carbocycles. The number of hydrogen-bond acceptors (Lipinski definition) is 8. The van der Waals surface area contributed by atoms with Gasteiger partial charge in [0.15, 0.2) is 0 Å². The minimum Gasteiger partial charge on any atom is -0.387 e. The zero-order valence-corrected chi connectivity index (χ0v) is 23.0. The largest absolute Gasteiger partial charge is 0.387 e. The van der Waals surface area contributed by atoms with Gasteiger partial charge >= 0.3 is 0 Å². The van der Waals surface area contributed by atoms with Gasteiger partial charge in [0, 0.05) is 66.6 Å². The summed E-state index contributed by atoms with van der Waals surface area (Å²) in [5, 5.41) is 27.4. The molecule has 4 heterocycles. The molecule has 1 fully saturated rings. The first kappa shape index (κ1) is 25.5. The minimum absolute atomic E-state index is 0.0146. The van der Waals surface area contributed by atoms with Crippen molar-refractivity contribution < 1.29 is 10.0 Å². The SMILES string of the molecule is CNc1cncc(C(=N)N2CCC[C@@H](Nc3c(NO)cc(Br)cc3C(=O)N3CCc4sccc4C3)C2)c1. The third kappa shape index (κ3) is 5.43. The molecule has 1 aromatic carbocycles. The fraction of sp³-hybridized carbons (Fsp3) is 0.346. The first-order valence-electron chi connectivity index (χ1n) is 12.3. The van der Waals surface area contributed by atoms with Crippen LogP contribution in [0, 0.1) is 5.41 Å². The van der Waals surface area contributed by atoms with Crippen LogP contribution in [-0.2, 0) is 13.0 Å². The highest BCUT2D eigenvalue weighted by molar-refractivity contribution is 9.10. The Balaban J connectivity index is 1.37. The summed E-state index contributed by atoms with van der Waals surface area (Å²) in [6.45, 7) is 2.61. The molecule has 1 atom stereocenters. The summed E-state index contributed by atoms with van der Waals surface area (Å²) in [5.74, 6) is 0.344. The zero-order valence-electron chi connectivity index (χ0n) is 20.6. The Hall–Kier alpha value is -3.15. The zero-order chi connectivity index (χ0) is 25.9. The molecule has 1 saturated heterocycles. The molecule has 1 amide bonds. The molecule has 2 aliphatic rings. The van der Waals surface area contributed by atoms with Crippen LogP contribution in [0.3, 0.4) is 0 Å². The number of nitrogens with one attached hydrogen (secondary N) is 4. The number of pyridine rings is 1. The van der Waals surface area contributed by atoms with Gasteiger partial charge in [-0.1, -0.05) is 15.9 Å². The Kier molecular flexibility index (Phi) is 7.63. The third-order valence-electron chi connectivity index (χ3n) is 6.94. The van der Waals surface area contributed by atoms with E-state index in [0.29, 0.717) is 46.9 Å². The van der Waals surface area contributed by atoms with E-state index in [9.17, 15) is 10.0 Å². The van der Waals surface area contributed by atoms with Crippen LogP contribution in [0.2, 0.25) is 0 Å². The molecule has 9 nitrogen and oxygen atoms in total. The lowest BCUT2D eigenvalue weighted by atomic mass is 10.0. The van der Waals surface area contributed by atoms with Crippen LogP contribution in [0.4, 0.5) is 17.1 Å². The van der Waals surface area contributed by atoms with E-state index in [2.05, 4.69) is 48.5 Å². The van der Waals surface area contributed by atoms with Gasteiger partial charge in [0.05, 0.1) is 22.6 Å². The van der Waals surface area contributed by atoms with Gasteiger partial charge in [-0.15, -0.1) is 11.3 Å². The van der Waals surface area contributed by atoms with Crippen LogP contribution < -0.4 is 16.1 Å². The summed E-state index contributed by atoms with van der Waals surface area (Å²) in [5.41, 5.74) is 6.60. The molecule has 3 aromatic rings. The Morgan fingerprint density at radius 3 is 2.92 bits per heavy atom.